The van der Waals surface area contributed by atoms with Crippen molar-refractivity contribution in [2.45, 2.75) is 51.0 Å². The third kappa shape index (κ3) is 2.63. The lowest BCUT2D eigenvalue weighted by Crippen LogP contribution is -2.44. The lowest BCUT2D eigenvalue weighted by Gasteiger charge is -2.36. The van der Waals surface area contributed by atoms with Crippen molar-refractivity contribution in [2.24, 2.45) is 7.05 Å². The maximum atomic E-state index is 11.3. The van der Waals surface area contributed by atoms with Crippen LogP contribution in [0, 0.1) is 10.1 Å². The molecule has 0 atom stereocenters. The van der Waals surface area contributed by atoms with E-state index in [-0.39, 0.29) is 17.2 Å². The minimum Gasteiger partial charge on any atom is -0.394 e. The number of nitrogens with one attached hydrogen (secondary N) is 1. The summed E-state index contributed by atoms with van der Waals surface area (Å²) in [5, 5.41) is 28.5. The minimum absolute atomic E-state index is 0.0171. The molecule has 0 unspecified atom stereocenters. The highest BCUT2D eigenvalue weighted by Crippen LogP contribution is 2.36. The Balaban J connectivity index is 2.36. The van der Waals surface area contributed by atoms with Crippen molar-refractivity contribution in [3.05, 3.63) is 15.8 Å². The number of hydrogen-bond donors (Lipinski definition) is 2. The Morgan fingerprint density at radius 1 is 1.45 bits per heavy atom. The van der Waals surface area contributed by atoms with E-state index in [1.807, 2.05) is 6.92 Å². The van der Waals surface area contributed by atoms with Crippen LogP contribution in [0.1, 0.15) is 44.7 Å². The number of anilines is 1. The maximum Gasteiger partial charge on any atom is 0.333 e. The largest absolute Gasteiger partial charge is 0.394 e. The number of nitrogens with zero attached hydrogens (tertiary/aromatic N) is 3. The van der Waals surface area contributed by atoms with E-state index in [1.54, 1.807) is 7.05 Å². The van der Waals surface area contributed by atoms with Gasteiger partial charge in [-0.3, -0.25) is 10.1 Å². The first-order valence-electron chi connectivity index (χ1n) is 7.12. The van der Waals surface area contributed by atoms with E-state index in [2.05, 4.69) is 10.4 Å². The van der Waals surface area contributed by atoms with E-state index in [4.69, 9.17) is 0 Å². The highest BCUT2D eigenvalue weighted by molar-refractivity contribution is 5.61. The quantitative estimate of drug-likeness (QED) is 0.636. The molecule has 1 aliphatic carbocycles. The van der Waals surface area contributed by atoms with Crippen LogP contribution in [-0.2, 0) is 13.5 Å². The highest BCUT2D eigenvalue weighted by atomic mass is 16.6. The zero-order valence-electron chi connectivity index (χ0n) is 12.1. The summed E-state index contributed by atoms with van der Waals surface area (Å²) in [7, 11) is 1.70. The summed E-state index contributed by atoms with van der Waals surface area (Å²) in [6, 6.07) is 0. The lowest BCUT2D eigenvalue weighted by atomic mass is 9.82. The number of aliphatic hydroxyl groups excluding tert-OH is 1. The number of aryl methyl sites for hydroxylation is 2. The standard InChI is InChI=1S/C13H22N4O3/c1-3-10-11(17(19)20)12(16(2)15-10)14-13(9-18)7-5-4-6-8-13/h14,18H,3-9H2,1-2H3. The third-order valence-corrected chi connectivity index (χ3v) is 4.11. The third-order valence-electron chi connectivity index (χ3n) is 4.11. The first-order valence-corrected chi connectivity index (χ1v) is 7.12. The van der Waals surface area contributed by atoms with Crippen LogP contribution in [0.15, 0.2) is 0 Å². The molecule has 20 heavy (non-hydrogen) atoms. The summed E-state index contributed by atoms with van der Waals surface area (Å²) in [6.07, 6.45) is 5.37. The predicted octanol–water partition coefficient (Wildman–Crippen LogP) is 2.00. The molecule has 112 valence electrons. The Morgan fingerprint density at radius 2 is 2.10 bits per heavy atom. The van der Waals surface area contributed by atoms with E-state index in [0.717, 1.165) is 32.1 Å². The maximum absolute atomic E-state index is 11.3. The molecular weight excluding hydrogens is 260 g/mol. The van der Waals surface area contributed by atoms with Gasteiger partial charge in [0.05, 0.1) is 17.1 Å². The summed E-state index contributed by atoms with van der Waals surface area (Å²) in [4.78, 5) is 10.9. The fraction of sp³-hybridized carbons (Fsp3) is 0.769. The summed E-state index contributed by atoms with van der Waals surface area (Å²) in [5.74, 6) is 0.405. The molecule has 0 radical (unpaired) electrons. The van der Waals surface area contributed by atoms with Gasteiger partial charge in [-0.25, -0.2) is 4.68 Å². The van der Waals surface area contributed by atoms with Crippen molar-refractivity contribution in [3.8, 4) is 0 Å². The van der Waals surface area contributed by atoms with Crippen LogP contribution in [0.4, 0.5) is 11.5 Å². The Kier molecular flexibility index (Phi) is 4.27. The van der Waals surface area contributed by atoms with Crippen molar-refractivity contribution < 1.29 is 10.0 Å². The number of nitro groups is 1. The molecule has 1 aliphatic rings. The van der Waals surface area contributed by atoms with Gasteiger partial charge in [0.25, 0.3) is 0 Å². The summed E-state index contributed by atoms with van der Waals surface area (Å²) < 4.78 is 1.52. The number of rotatable bonds is 5. The van der Waals surface area contributed by atoms with Gasteiger partial charge in [0.15, 0.2) is 0 Å². The van der Waals surface area contributed by atoms with Crippen molar-refractivity contribution in [1.82, 2.24) is 9.78 Å². The molecule has 2 rings (SSSR count). The van der Waals surface area contributed by atoms with Crippen LogP contribution in [0.5, 0.6) is 0 Å². The average molecular weight is 282 g/mol. The van der Waals surface area contributed by atoms with Gasteiger partial charge in [0.1, 0.15) is 5.69 Å². The van der Waals surface area contributed by atoms with Crippen LogP contribution < -0.4 is 5.32 Å². The lowest BCUT2D eigenvalue weighted by molar-refractivity contribution is -0.384. The van der Waals surface area contributed by atoms with E-state index in [1.165, 1.54) is 4.68 Å². The molecule has 1 fully saturated rings. The van der Waals surface area contributed by atoms with Crippen LogP contribution in [0.3, 0.4) is 0 Å². The molecule has 1 heterocycles. The van der Waals surface area contributed by atoms with Gasteiger partial charge in [-0.1, -0.05) is 26.2 Å². The van der Waals surface area contributed by atoms with E-state index >= 15 is 0 Å². The van der Waals surface area contributed by atoms with Crippen LogP contribution in [0.2, 0.25) is 0 Å². The zero-order valence-corrected chi connectivity index (χ0v) is 12.1. The van der Waals surface area contributed by atoms with Gasteiger partial charge < -0.3 is 10.4 Å². The second-order valence-corrected chi connectivity index (χ2v) is 5.50. The van der Waals surface area contributed by atoms with Gasteiger partial charge >= 0.3 is 5.69 Å². The molecular formula is C13H22N4O3. The monoisotopic (exact) mass is 282 g/mol. The van der Waals surface area contributed by atoms with E-state index in [0.29, 0.717) is 17.9 Å². The zero-order chi connectivity index (χ0) is 14.8. The summed E-state index contributed by atoms with van der Waals surface area (Å²) in [5.41, 5.74) is 0.0549. The molecule has 1 saturated carbocycles. The van der Waals surface area contributed by atoms with Crippen LogP contribution >= 0.6 is 0 Å². The van der Waals surface area contributed by atoms with Gasteiger partial charge in [-0.05, 0) is 19.3 Å². The molecule has 0 bridgehead atoms. The molecule has 1 aromatic rings. The highest BCUT2D eigenvalue weighted by Gasteiger charge is 2.36. The average Bonchev–Trinajstić information content (AvgIpc) is 2.76. The van der Waals surface area contributed by atoms with Gasteiger partial charge in [-0.15, -0.1) is 0 Å². The molecule has 0 aliphatic heterocycles. The molecule has 0 saturated heterocycles. The topological polar surface area (TPSA) is 93.2 Å². The Morgan fingerprint density at radius 3 is 2.60 bits per heavy atom. The smallest absolute Gasteiger partial charge is 0.333 e. The predicted molar refractivity (Wildman–Crippen MR) is 75.8 cm³/mol. The fourth-order valence-corrected chi connectivity index (χ4v) is 2.94. The second kappa shape index (κ2) is 5.78. The normalized spacial score (nSPS) is 17.9. The molecule has 0 aromatic carbocycles. The van der Waals surface area contributed by atoms with Crippen molar-refractivity contribution in [3.63, 3.8) is 0 Å². The van der Waals surface area contributed by atoms with Crippen molar-refractivity contribution in [1.29, 1.82) is 0 Å². The van der Waals surface area contributed by atoms with Crippen molar-refractivity contribution in [2.75, 3.05) is 11.9 Å². The van der Waals surface area contributed by atoms with Gasteiger partial charge in [-0.2, -0.15) is 5.10 Å². The number of aromatic nitrogens is 2. The van der Waals surface area contributed by atoms with E-state index in [9.17, 15) is 15.2 Å². The van der Waals surface area contributed by atoms with Gasteiger partial charge in [0, 0.05) is 7.05 Å². The molecule has 0 amide bonds. The van der Waals surface area contributed by atoms with E-state index < -0.39 is 5.54 Å². The van der Waals surface area contributed by atoms with Gasteiger partial charge in [0.2, 0.25) is 5.82 Å². The number of aliphatic hydroxyl groups is 1. The fourth-order valence-electron chi connectivity index (χ4n) is 2.94. The first kappa shape index (κ1) is 14.8. The number of hydrogen-bond acceptors (Lipinski definition) is 5. The summed E-state index contributed by atoms with van der Waals surface area (Å²) in [6.45, 7) is 1.83. The molecule has 1 aromatic heterocycles. The van der Waals surface area contributed by atoms with Crippen molar-refractivity contribution >= 4 is 11.5 Å². The first-order chi connectivity index (χ1) is 9.53. The second-order valence-electron chi connectivity index (χ2n) is 5.50. The molecule has 7 nitrogen and oxygen atoms in total. The Hall–Kier alpha value is -1.63. The van der Waals surface area contributed by atoms with Crippen LogP contribution in [-0.4, -0.2) is 32.0 Å². The Bertz CT molecular complexity index is 492. The molecule has 7 heteroatoms. The van der Waals surface area contributed by atoms with Crippen LogP contribution in [0.25, 0.3) is 0 Å². The summed E-state index contributed by atoms with van der Waals surface area (Å²) >= 11 is 0. The molecule has 0 spiro atoms. The molecule has 2 N–H and O–H groups in total. The SMILES string of the molecule is CCc1nn(C)c(NC2(CO)CCCCC2)c1[N+](=O)[O-]. The minimum atomic E-state index is -0.457. The Labute approximate surface area is 118 Å².